The largest absolute Gasteiger partial charge is 0.486 e. The fourth-order valence-corrected chi connectivity index (χ4v) is 6.99. The zero-order valence-electron chi connectivity index (χ0n) is 27.7. The molecule has 4 heterocycles. The molecule has 46 heavy (non-hydrogen) atoms. The Labute approximate surface area is 286 Å². The van der Waals surface area contributed by atoms with Crippen molar-refractivity contribution in [2.45, 2.75) is 26.5 Å². The van der Waals surface area contributed by atoms with E-state index in [9.17, 15) is 0 Å². The van der Waals surface area contributed by atoms with E-state index in [4.69, 9.17) is 12.1 Å². The predicted octanol–water partition coefficient (Wildman–Crippen LogP) is 9.19. The van der Waals surface area contributed by atoms with Crippen molar-refractivity contribution in [1.29, 1.82) is 0 Å². The molecule has 7 heteroatoms. The van der Waals surface area contributed by atoms with E-state index in [0.29, 0.717) is 11.4 Å². The molecule has 0 bridgehead atoms. The maximum atomic E-state index is 7.71. The quantitative estimate of drug-likeness (QED) is 0.132. The summed E-state index contributed by atoms with van der Waals surface area (Å²) in [6.07, 6.45) is 1.74. The van der Waals surface area contributed by atoms with Crippen LogP contribution in [-0.2, 0) is 20.1 Å². The number of hydrogen-bond acceptors (Lipinski definition) is 4. The van der Waals surface area contributed by atoms with Crippen molar-refractivity contribution in [3.05, 3.63) is 139 Å². The summed E-state index contributed by atoms with van der Waals surface area (Å²) in [5, 5.41) is 3.11. The first-order valence-corrected chi connectivity index (χ1v) is 18.3. The van der Waals surface area contributed by atoms with Crippen molar-refractivity contribution in [3.8, 4) is 28.3 Å². The van der Waals surface area contributed by atoms with Crippen LogP contribution in [0.3, 0.4) is 0 Å². The monoisotopic (exact) mass is 795 g/mol. The van der Waals surface area contributed by atoms with Gasteiger partial charge in [0.2, 0.25) is 5.71 Å². The molecule has 0 amide bonds. The van der Waals surface area contributed by atoms with Gasteiger partial charge in [-0.2, -0.15) is 0 Å². The Morgan fingerprint density at radius 2 is 1.57 bits per heavy atom. The molecule has 4 aromatic heterocycles. The van der Waals surface area contributed by atoms with Crippen LogP contribution in [0.4, 0.5) is 0 Å². The number of furan rings is 1. The fraction of sp³-hybridized carbons (Fsp3) is 0.103. The van der Waals surface area contributed by atoms with Gasteiger partial charge in [0.1, 0.15) is 0 Å². The maximum absolute atomic E-state index is 7.71. The normalized spacial score (nSPS) is 12.0. The molecule has 229 valence electrons. The zero-order chi connectivity index (χ0) is 32.5. The first kappa shape index (κ1) is 28.8. The van der Waals surface area contributed by atoms with E-state index in [1.165, 1.54) is 0 Å². The van der Waals surface area contributed by atoms with Crippen LogP contribution < -0.4 is 5.19 Å². The summed E-state index contributed by atoms with van der Waals surface area (Å²) in [6.45, 7) is 5.60. The molecule has 0 atom stereocenters. The zero-order valence-corrected chi connectivity index (χ0v) is 29.0. The van der Waals surface area contributed by atoms with Crippen LogP contribution >= 0.6 is 0 Å². The number of pyridine rings is 2. The van der Waals surface area contributed by atoms with E-state index in [-0.39, 0.29) is 20.1 Å². The Hall–Kier alpha value is -4.68. The average molecular weight is 795 g/mol. The average Bonchev–Trinajstić information content (AvgIpc) is 3.68. The number of para-hydroxylation sites is 3. The summed E-state index contributed by atoms with van der Waals surface area (Å²) in [5.41, 5.74) is 7.53. The van der Waals surface area contributed by atoms with Crippen LogP contribution in [0, 0.1) is 19.0 Å². The maximum Gasteiger partial charge on any atom is 0.216 e. The molecule has 8 aromatic rings. The molecular weight excluding hydrogens is 761 g/mol. The second-order valence-corrected chi connectivity index (χ2v) is 16.8. The summed E-state index contributed by atoms with van der Waals surface area (Å²) in [4.78, 5) is 13.8. The number of rotatable bonds is 4. The van der Waals surface area contributed by atoms with Crippen LogP contribution in [0.1, 0.15) is 8.44 Å². The van der Waals surface area contributed by atoms with Gasteiger partial charge in [-0.1, -0.05) is 73.1 Å². The first-order chi connectivity index (χ1) is 22.8. The Morgan fingerprint density at radius 1 is 0.761 bits per heavy atom. The minimum atomic E-state index is -1.58. The molecule has 5 nitrogen and oxygen atoms in total. The van der Waals surface area contributed by atoms with E-state index < -0.39 is 14.9 Å². The topological polar surface area (TPSA) is 56.7 Å². The molecule has 0 saturated carbocycles. The molecule has 0 saturated heterocycles. The van der Waals surface area contributed by atoms with E-state index >= 15 is 0 Å². The number of aromatic nitrogens is 4. The van der Waals surface area contributed by atoms with Crippen LogP contribution in [0.5, 0.6) is 0 Å². The van der Waals surface area contributed by atoms with Crippen LogP contribution in [0.2, 0.25) is 19.6 Å². The number of fused-ring (bicyclic) bond motifs is 4. The summed E-state index contributed by atoms with van der Waals surface area (Å²) in [6, 6.07) is 44.4. The van der Waals surface area contributed by atoms with Gasteiger partial charge in [0.25, 0.3) is 0 Å². The van der Waals surface area contributed by atoms with Gasteiger partial charge in [-0.3, -0.25) is 4.98 Å². The van der Waals surface area contributed by atoms with Crippen molar-refractivity contribution < 1.29 is 27.3 Å². The van der Waals surface area contributed by atoms with Gasteiger partial charge in [0.05, 0.1) is 30.5 Å². The molecule has 0 aliphatic carbocycles. The van der Waals surface area contributed by atoms with Crippen LogP contribution in [0.15, 0.2) is 126 Å². The summed E-state index contributed by atoms with van der Waals surface area (Å²) >= 11 is 0. The van der Waals surface area contributed by atoms with Crippen molar-refractivity contribution in [2.75, 3.05) is 0 Å². The van der Waals surface area contributed by atoms with Gasteiger partial charge in [0, 0.05) is 45.8 Å². The number of nitrogens with zero attached hydrogens (tertiary/aromatic N) is 4. The van der Waals surface area contributed by atoms with E-state index in [0.717, 1.165) is 60.9 Å². The van der Waals surface area contributed by atoms with Crippen molar-refractivity contribution in [3.63, 3.8) is 0 Å². The molecule has 8 rings (SSSR count). The molecule has 0 unspecified atom stereocenters. The Bertz CT molecular complexity index is 2330. The van der Waals surface area contributed by atoms with Gasteiger partial charge < -0.3 is 14.0 Å². The number of imidazole rings is 1. The molecule has 0 aliphatic heterocycles. The van der Waals surface area contributed by atoms with E-state index in [1.807, 2.05) is 97.1 Å². The van der Waals surface area contributed by atoms with Gasteiger partial charge >= 0.3 is 0 Å². The fourth-order valence-electron chi connectivity index (χ4n) is 5.59. The third-order valence-corrected chi connectivity index (χ3v) is 9.76. The van der Waals surface area contributed by atoms with Gasteiger partial charge in [0.15, 0.2) is 0 Å². The standard InChI is InChI=1S/C24H14N3O.C15H18NSi.Ir/c1-2-8-16(9-3-1)27-21-14-5-4-13-20(21)26-23(27)19-11-6-10-17-18-12-7-15-25-24(18)28-22(17)19;1-12-15(17(2,3)4)11-10-14(16-12)13-8-6-5-7-9-13;/h1-10,12-15H;5-8,10-11H,1-4H3;/q2*-1;/i;1D2;. The third-order valence-electron chi connectivity index (χ3n) is 7.73. The molecule has 4 aromatic carbocycles. The van der Waals surface area contributed by atoms with Crippen molar-refractivity contribution >= 4 is 46.4 Å². The Kier molecular flexibility index (Phi) is 8.11. The molecule has 0 aliphatic rings. The molecular formula is C39H32IrN4OSi-2. The van der Waals surface area contributed by atoms with Crippen molar-refractivity contribution in [2.24, 2.45) is 0 Å². The summed E-state index contributed by atoms with van der Waals surface area (Å²) in [5.74, 6) is 0.803. The molecule has 0 N–H and O–H groups in total. The molecule has 0 spiro atoms. The van der Waals surface area contributed by atoms with Crippen LogP contribution in [0.25, 0.3) is 61.4 Å². The minimum Gasteiger partial charge on any atom is -0.486 e. The smallest absolute Gasteiger partial charge is 0.216 e. The predicted molar refractivity (Wildman–Crippen MR) is 187 cm³/mol. The summed E-state index contributed by atoms with van der Waals surface area (Å²) < 4.78 is 23.7. The number of hydrogen-bond donors (Lipinski definition) is 0. The number of benzene rings is 4. The van der Waals surface area contributed by atoms with Crippen LogP contribution in [-0.4, -0.2) is 27.6 Å². The molecule has 0 fully saturated rings. The first-order valence-electron chi connectivity index (χ1n) is 16.0. The van der Waals surface area contributed by atoms with Crippen molar-refractivity contribution in [1.82, 2.24) is 19.5 Å². The second-order valence-electron chi connectivity index (χ2n) is 11.8. The Balaban J connectivity index is 0.000000177. The van der Waals surface area contributed by atoms with Gasteiger partial charge in [-0.05, 0) is 54.2 Å². The SMILES string of the molecule is [2H]C([2H])c1nc(-c2[c-]cccc2)ccc1[Si](C)(C)C.[Ir].[c-]1ccc2c(oc3ncccc32)c1-c1nc2ccccc2n1-c1ccccc1. The second kappa shape index (κ2) is 13.0. The Morgan fingerprint density at radius 3 is 2.35 bits per heavy atom. The summed E-state index contributed by atoms with van der Waals surface area (Å²) in [7, 11) is -1.58. The number of aryl methyl sites for hydroxylation is 1. The van der Waals surface area contributed by atoms with E-state index in [1.54, 1.807) is 6.20 Å². The van der Waals surface area contributed by atoms with Gasteiger partial charge in [-0.15, -0.1) is 54.1 Å². The molecule has 1 radical (unpaired) electrons. The third kappa shape index (κ3) is 5.97. The van der Waals surface area contributed by atoms with Gasteiger partial charge in [-0.25, -0.2) is 4.98 Å². The minimum absolute atomic E-state index is 0. The van der Waals surface area contributed by atoms with E-state index in [2.05, 4.69) is 64.5 Å².